The summed E-state index contributed by atoms with van der Waals surface area (Å²) in [6, 6.07) is 7.85. The molecule has 0 aliphatic rings. The summed E-state index contributed by atoms with van der Waals surface area (Å²) in [6.07, 6.45) is 0.730. The van der Waals surface area contributed by atoms with Crippen molar-refractivity contribution >= 4 is 21.8 Å². The van der Waals surface area contributed by atoms with E-state index in [0.29, 0.717) is 6.54 Å². The van der Waals surface area contributed by atoms with Crippen LogP contribution in [0.2, 0.25) is 0 Å². The van der Waals surface area contributed by atoms with Gasteiger partial charge in [0.05, 0.1) is 6.04 Å². The molecular weight excluding hydrogens is 282 g/mol. The number of benzene rings is 1. The first kappa shape index (κ1) is 14.2. The molecule has 0 saturated carbocycles. The Morgan fingerprint density at radius 2 is 2.29 bits per heavy atom. The Balaban J connectivity index is 2.70. The predicted octanol–water partition coefficient (Wildman–Crippen LogP) is 1.65. The molecule has 1 atom stereocenters. The monoisotopic (exact) mass is 299 g/mol. The van der Waals surface area contributed by atoms with Gasteiger partial charge in [-0.05, 0) is 31.2 Å². The lowest BCUT2D eigenvalue weighted by Crippen LogP contribution is -2.47. The topological polar surface area (TPSA) is 58.4 Å². The zero-order valence-electron chi connectivity index (χ0n) is 10.1. The number of rotatable bonds is 5. The van der Waals surface area contributed by atoms with Gasteiger partial charge in [0, 0.05) is 11.0 Å². The molecule has 17 heavy (non-hydrogen) atoms. The molecule has 0 saturated heterocycles. The summed E-state index contributed by atoms with van der Waals surface area (Å²) >= 11 is 3.43. The van der Waals surface area contributed by atoms with Crippen LogP contribution in [0.5, 0.6) is 0 Å². The predicted molar refractivity (Wildman–Crippen MR) is 72.0 cm³/mol. The number of nitrogens with two attached hydrogens (primary N) is 1. The van der Waals surface area contributed by atoms with Crippen LogP contribution in [-0.2, 0) is 11.3 Å². The van der Waals surface area contributed by atoms with Gasteiger partial charge < -0.3 is 0 Å². The molecule has 1 aromatic rings. The minimum atomic E-state index is -0.195. The summed E-state index contributed by atoms with van der Waals surface area (Å²) in [7, 11) is 1.92. The van der Waals surface area contributed by atoms with Crippen LogP contribution in [0.4, 0.5) is 0 Å². The fraction of sp³-hybridized carbons (Fsp3) is 0.417. The first-order valence-electron chi connectivity index (χ1n) is 5.53. The van der Waals surface area contributed by atoms with Gasteiger partial charge in [-0.25, -0.2) is 5.84 Å². The van der Waals surface area contributed by atoms with Crippen LogP contribution in [0.1, 0.15) is 18.9 Å². The Morgan fingerprint density at radius 3 is 2.82 bits per heavy atom. The highest BCUT2D eigenvalue weighted by molar-refractivity contribution is 9.10. The van der Waals surface area contributed by atoms with E-state index in [1.807, 2.05) is 43.1 Å². The molecule has 0 heterocycles. The Hall–Kier alpha value is -0.910. The molecule has 94 valence electrons. The maximum absolute atomic E-state index is 11.6. The summed E-state index contributed by atoms with van der Waals surface area (Å²) in [6.45, 7) is 2.68. The van der Waals surface area contributed by atoms with E-state index in [-0.39, 0.29) is 11.9 Å². The van der Waals surface area contributed by atoms with Gasteiger partial charge in [-0.1, -0.05) is 35.0 Å². The van der Waals surface area contributed by atoms with Crippen LogP contribution < -0.4 is 11.3 Å². The van der Waals surface area contributed by atoms with Crippen molar-refractivity contribution in [1.29, 1.82) is 0 Å². The zero-order chi connectivity index (χ0) is 12.8. The second-order valence-electron chi connectivity index (χ2n) is 3.98. The number of carbonyl (C=O) groups excluding carboxylic acids is 1. The smallest absolute Gasteiger partial charge is 0.251 e. The minimum Gasteiger partial charge on any atom is -0.293 e. The Labute approximate surface area is 110 Å². The molecule has 1 rings (SSSR count). The molecule has 0 fully saturated rings. The molecule has 3 N–H and O–H groups in total. The molecule has 0 aromatic heterocycles. The Kier molecular flexibility index (Phi) is 5.61. The number of carbonyl (C=O) groups is 1. The van der Waals surface area contributed by atoms with Crippen molar-refractivity contribution in [2.75, 3.05) is 7.05 Å². The Morgan fingerprint density at radius 1 is 1.59 bits per heavy atom. The molecule has 0 radical (unpaired) electrons. The average Bonchev–Trinajstić information content (AvgIpc) is 2.29. The van der Waals surface area contributed by atoms with Crippen molar-refractivity contribution in [3.8, 4) is 0 Å². The fourth-order valence-electron chi connectivity index (χ4n) is 1.83. The van der Waals surface area contributed by atoms with Gasteiger partial charge in [0.15, 0.2) is 0 Å². The molecule has 1 amide bonds. The average molecular weight is 300 g/mol. The van der Waals surface area contributed by atoms with Crippen LogP contribution in [0.25, 0.3) is 0 Å². The van der Waals surface area contributed by atoms with E-state index < -0.39 is 0 Å². The van der Waals surface area contributed by atoms with Crippen LogP contribution in [0.3, 0.4) is 0 Å². The van der Waals surface area contributed by atoms with E-state index in [1.54, 1.807) is 0 Å². The molecule has 0 aliphatic heterocycles. The van der Waals surface area contributed by atoms with E-state index in [2.05, 4.69) is 21.4 Å². The quantitative estimate of drug-likeness (QED) is 0.494. The van der Waals surface area contributed by atoms with Crippen molar-refractivity contribution in [2.24, 2.45) is 5.84 Å². The highest BCUT2D eigenvalue weighted by Gasteiger charge is 2.20. The lowest BCUT2D eigenvalue weighted by molar-refractivity contribution is -0.126. The van der Waals surface area contributed by atoms with Gasteiger partial charge in [0.25, 0.3) is 5.91 Å². The number of likely N-dealkylation sites (N-methyl/N-ethyl adjacent to an activating group) is 1. The van der Waals surface area contributed by atoms with Crippen LogP contribution >= 0.6 is 15.9 Å². The zero-order valence-corrected chi connectivity index (χ0v) is 11.7. The molecule has 5 heteroatoms. The van der Waals surface area contributed by atoms with Crippen LogP contribution in [0.15, 0.2) is 28.7 Å². The van der Waals surface area contributed by atoms with Gasteiger partial charge in [0.1, 0.15) is 0 Å². The van der Waals surface area contributed by atoms with E-state index in [4.69, 9.17) is 5.84 Å². The number of nitrogens with zero attached hydrogens (tertiary/aromatic N) is 1. The Bertz CT molecular complexity index is 384. The summed E-state index contributed by atoms with van der Waals surface area (Å²) in [5, 5.41) is 0. The lowest BCUT2D eigenvalue weighted by Gasteiger charge is -2.25. The summed E-state index contributed by atoms with van der Waals surface area (Å²) in [4.78, 5) is 13.5. The number of hydrogen-bond acceptors (Lipinski definition) is 3. The molecular formula is C12H18BrN3O. The third-order valence-corrected chi connectivity index (χ3v) is 3.18. The fourth-order valence-corrected chi connectivity index (χ4v) is 2.27. The standard InChI is InChI=1S/C12H18BrN3O/c1-3-11(12(17)15-14)16(2)8-9-5-4-6-10(13)7-9/h4-7,11H,3,8,14H2,1-2H3,(H,15,17). The third-order valence-electron chi connectivity index (χ3n) is 2.68. The van der Waals surface area contributed by atoms with Gasteiger partial charge in [-0.15, -0.1) is 0 Å². The number of nitrogens with one attached hydrogen (secondary N) is 1. The highest BCUT2D eigenvalue weighted by Crippen LogP contribution is 2.14. The van der Waals surface area contributed by atoms with Crippen molar-refractivity contribution in [2.45, 2.75) is 25.9 Å². The van der Waals surface area contributed by atoms with Gasteiger partial charge >= 0.3 is 0 Å². The number of halogens is 1. The number of hydrazine groups is 1. The highest BCUT2D eigenvalue weighted by atomic mass is 79.9. The minimum absolute atomic E-state index is 0.148. The third kappa shape index (κ3) is 4.11. The molecule has 0 aliphatic carbocycles. The number of amides is 1. The maximum atomic E-state index is 11.6. The molecule has 0 spiro atoms. The largest absolute Gasteiger partial charge is 0.293 e. The van der Waals surface area contributed by atoms with Crippen LogP contribution in [-0.4, -0.2) is 23.9 Å². The molecule has 0 bridgehead atoms. The van der Waals surface area contributed by atoms with Crippen molar-refractivity contribution in [1.82, 2.24) is 10.3 Å². The summed E-state index contributed by atoms with van der Waals surface area (Å²) < 4.78 is 1.04. The van der Waals surface area contributed by atoms with E-state index in [9.17, 15) is 4.79 Å². The first-order valence-corrected chi connectivity index (χ1v) is 6.33. The van der Waals surface area contributed by atoms with Crippen LogP contribution in [0, 0.1) is 0 Å². The summed E-state index contributed by atoms with van der Waals surface area (Å²) in [5.41, 5.74) is 3.36. The van der Waals surface area contributed by atoms with Crippen molar-refractivity contribution in [3.05, 3.63) is 34.3 Å². The van der Waals surface area contributed by atoms with Gasteiger partial charge in [-0.2, -0.15) is 0 Å². The molecule has 4 nitrogen and oxygen atoms in total. The summed E-state index contributed by atoms with van der Waals surface area (Å²) in [5.74, 6) is 5.02. The van der Waals surface area contributed by atoms with Gasteiger partial charge in [-0.3, -0.25) is 15.1 Å². The molecule has 1 aromatic carbocycles. The van der Waals surface area contributed by atoms with Gasteiger partial charge in [0.2, 0.25) is 0 Å². The first-order chi connectivity index (χ1) is 8.08. The van der Waals surface area contributed by atoms with Crippen molar-refractivity contribution < 1.29 is 4.79 Å². The molecule has 1 unspecified atom stereocenters. The maximum Gasteiger partial charge on any atom is 0.251 e. The second kappa shape index (κ2) is 6.74. The van der Waals surface area contributed by atoms with E-state index >= 15 is 0 Å². The van der Waals surface area contributed by atoms with E-state index in [0.717, 1.165) is 16.5 Å². The normalized spacial score (nSPS) is 12.5. The second-order valence-corrected chi connectivity index (χ2v) is 4.89. The van der Waals surface area contributed by atoms with E-state index in [1.165, 1.54) is 0 Å². The lowest BCUT2D eigenvalue weighted by atomic mass is 10.1. The van der Waals surface area contributed by atoms with Crippen molar-refractivity contribution in [3.63, 3.8) is 0 Å². The number of hydrogen-bond donors (Lipinski definition) is 2. The SMILES string of the molecule is CCC(C(=O)NN)N(C)Cc1cccc(Br)c1.